The van der Waals surface area contributed by atoms with E-state index in [1.54, 1.807) is 11.3 Å². The van der Waals surface area contributed by atoms with Crippen molar-refractivity contribution in [3.63, 3.8) is 0 Å². The number of nitrogens with one attached hydrogen (secondary N) is 2. The van der Waals surface area contributed by atoms with Gasteiger partial charge in [-0.2, -0.15) is 5.10 Å². The van der Waals surface area contributed by atoms with Gasteiger partial charge in [0.15, 0.2) is 22.1 Å². The van der Waals surface area contributed by atoms with Crippen LogP contribution in [-0.2, 0) is 17.9 Å². The topological polar surface area (TPSA) is 81.2 Å². The number of H-pyrrole nitrogens is 1. The number of carbonyl (C=O) groups is 1. The Labute approximate surface area is 164 Å². The van der Waals surface area contributed by atoms with Crippen molar-refractivity contribution in [3.8, 4) is 22.2 Å². The number of aromatic nitrogens is 3. The van der Waals surface area contributed by atoms with Gasteiger partial charge in [-0.15, -0.1) is 11.3 Å². The van der Waals surface area contributed by atoms with E-state index in [2.05, 4.69) is 15.5 Å². The molecular weight excluding hydrogens is 384 g/mol. The lowest BCUT2D eigenvalue weighted by atomic mass is 10.2. The van der Waals surface area contributed by atoms with Gasteiger partial charge in [-0.25, -0.2) is 0 Å². The van der Waals surface area contributed by atoms with Crippen molar-refractivity contribution >= 4 is 29.5 Å². The maximum absolute atomic E-state index is 12.3. The van der Waals surface area contributed by atoms with Crippen LogP contribution in [0, 0.1) is 4.77 Å². The highest BCUT2D eigenvalue weighted by Gasteiger charge is 2.13. The van der Waals surface area contributed by atoms with E-state index in [0.29, 0.717) is 37.5 Å². The van der Waals surface area contributed by atoms with Crippen LogP contribution in [0.4, 0.5) is 0 Å². The second kappa shape index (κ2) is 7.93. The van der Waals surface area contributed by atoms with E-state index < -0.39 is 0 Å². The third kappa shape index (κ3) is 4.04. The predicted octanol–water partition coefficient (Wildman–Crippen LogP) is 3.15. The number of benzene rings is 1. The average Bonchev–Trinajstić information content (AvgIpc) is 3.34. The van der Waals surface area contributed by atoms with Crippen LogP contribution >= 0.6 is 23.6 Å². The molecule has 2 aromatic heterocycles. The first-order valence-corrected chi connectivity index (χ1v) is 9.84. The molecule has 0 aliphatic carbocycles. The summed E-state index contributed by atoms with van der Waals surface area (Å²) in [6.07, 6.45) is 0.316. The Hall–Kier alpha value is -2.65. The summed E-state index contributed by atoms with van der Waals surface area (Å²) in [5.74, 6) is 2.17. The van der Waals surface area contributed by atoms with E-state index in [0.717, 1.165) is 27.8 Å². The average molecular weight is 403 g/mol. The van der Waals surface area contributed by atoms with E-state index in [-0.39, 0.29) is 5.91 Å². The lowest BCUT2D eigenvalue weighted by Crippen LogP contribution is -2.24. The molecule has 4 rings (SSSR count). The van der Waals surface area contributed by atoms with Crippen LogP contribution in [0.15, 0.2) is 35.7 Å². The van der Waals surface area contributed by atoms with Crippen molar-refractivity contribution in [2.75, 3.05) is 13.2 Å². The molecule has 0 fully saturated rings. The van der Waals surface area contributed by atoms with Gasteiger partial charge in [0.25, 0.3) is 0 Å². The Morgan fingerprint density at radius 2 is 2.15 bits per heavy atom. The van der Waals surface area contributed by atoms with Gasteiger partial charge >= 0.3 is 0 Å². The van der Waals surface area contributed by atoms with Gasteiger partial charge in [-0.1, -0.05) is 12.1 Å². The number of thiophene rings is 1. The number of nitrogens with zero attached hydrogens (tertiary/aromatic N) is 2. The van der Waals surface area contributed by atoms with E-state index in [4.69, 9.17) is 21.7 Å². The first-order valence-electron chi connectivity index (χ1n) is 8.55. The fourth-order valence-corrected chi connectivity index (χ4v) is 3.76. The van der Waals surface area contributed by atoms with Crippen LogP contribution in [0.3, 0.4) is 0 Å². The molecule has 3 heterocycles. The third-order valence-corrected chi connectivity index (χ3v) is 5.34. The molecule has 1 aliphatic rings. The van der Waals surface area contributed by atoms with Crippen molar-refractivity contribution in [1.82, 2.24) is 20.1 Å². The van der Waals surface area contributed by atoms with Crippen LogP contribution < -0.4 is 14.8 Å². The Balaban J connectivity index is 1.34. The number of fused-ring (bicyclic) bond motifs is 1. The number of carbonyl (C=O) groups excluding carboxylic acids is 1. The minimum atomic E-state index is -0.0508. The molecule has 0 saturated carbocycles. The zero-order chi connectivity index (χ0) is 18.6. The number of hydrogen-bond acceptors (Lipinski definition) is 6. The van der Waals surface area contributed by atoms with E-state index in [9.17, 15) is 4.79 Å². The normalized spacial score (nSPS) is 12.7. The van der Waals surface area contributed by atoms with Gasteiger partial charge in [0.05, 0.1) is 4.88 Å². The molecule has 2 N–H and O–H groups in total. The van der Waals surface area contributed by atoms with Crippen molar-refractivity contribution in [3.05, 3.63) is 46.0 Å². The molecule has 0 saturated heterocycles. The van der Waals surface area contributed by atoms with Gasteiger partial charge in [0.2, 0.25) is 5.91 Å². The standard InChI is InChI=1S/C18H18N4O3S2/c23-16(19-11-12-3-4-13-14(10-12)25-8-7-24-13)5-6-22-17(20-21-18(22)26)15-2-1-9-27-15/h1-4,9-10H,5-8,11H2,(H,19,23)(H,21,26). The molecule has 0 atom stereocenters. The van der Waals surface area contributed by atoms with Gasteiger partial charge in [0, 0.05) is 19.5 Å². The summed E-state index contributed by atoms with van der Waals surface area (Å²) in [5, 5.41) is 12.0. The zero-order valence-electron chi connectivity index (χ0n) is 14.4. The Morgan fingerprint density at radius 3 is 2.96 bits per heavy atom. The second-order valence-corrected chi connectivity index (χ2v) is 7.32. The fourth-order valence-electron chi connectivity index (χ4n) is 2.82. The Kier molecular flexibility index (Phi) is 5.21. The highest BCUT2D eigenvalue weighted by atomic mass is 32.1. The van der Waals surface area contributed by atoms with E-state index in [1.165, 1.54) is 0 Å². The maximum atomic E-state index is 12.3. The summed E-state index contributed by atoms with van der Waals surface area (Å²) in [5.41, 5.74) is 0.965. The fraction of sp³-hybridized carbons (Fsp3) is 0.278. The second-order valence-electron chi connectivity index (χ2n) is 5.99. The predicted molar refractivity (Wildman–Crippen MR) is 105 cm³/mol. The molecule has 7 nitrogen and oxygen atoms in total. The van der Waals surface area contributed by atoms with Crippen LogP contribution in [0.2, 0.25) is 0 Å². The molecule has 0 radical (unpaired) electrons. The lowest BCUT2D eigenvalue weighted by Gasteiger charge is -2.19. The largest absolute Gasteiger partial charge is 0.486 e. The van der Waals surface area contributed by atoms with Crippen molar-refractivity contribution < 1.29 is 14.3 Å². The quantitative estimate of drug-likeness (QED) is 0.619. The third-order valence-electron chi connectivity index (χ3n) is 4.16. The maximum Gasteiger partial charge on any atom is 0.222 e. The van der Waals surface area contributed by atoms with Gasteiger partial charge < -0.3 is 14.8 Å². The van der Waals surface area contributed by atoms with Gasteiger partial charge in [0.1, 0.15) is 13.2 Å². The molecule has 0 spiro atoms. The first kappa shape index (κ1) is 17.7. The minimum absolute atomic E-state index is 0.0508. The summed E-state index contributed by atoms with van der Waals surface area (Å²) >= 11 is 6.87. The van der Waals surface area contributed by atoms with Crippen molar-refractivity contribution in [1.29, 1.82) is 0 Å². The Morgan fingerprint density at radius 1 is 1.30 bits per heavy atom. The highest BCUT2D eigenvalue weighted by molar-refractivity contribution is 7.71. The van der Waals surface area contributed by atoms with Crippen LogP contribution in [0.5, 0.6) is 11.5 Å². The molecule has 1 aliphatic heterocycles. The Bertz CT molecular complexity index is 994. The molecule has 9 heteroatoms. The summed E-state index contributed by atoms with van der Waals surface area (Å²) in [7, 11) is 0. The molecule has 0 unspecified atom stereocenters. The smallest absolute Gasteiger partial charge is 0.222 e. The van der Waals surface area contributed by atoms with Crippen molar-refractivity contribution in [2.45, 2.75) is 19.5 Å². The van der Waals surface area contributed by atoms with E-state index >= 15 is 0 Å². The van der Waals surface area contributed by atoms with Crippen LogP contribution in [-0.4, -0.2) is 33.9 Å². The zero-order valence-corrected chi connectivity index (χ0v) is 16.1. The molecule has 140 valence electrons. The summed E-state index contributed by atoms with van der Waals surface area (Å²) in [6.45, 7) is 2.01. The first-order chi connectivity index (χ1) is 13.2. The number of ether oxygens (including phenoxy) is 2. The number of rotatable bonds is 6. The van der Waals surface area contributed by atoms with Gasteiger partial charge in [-0.3, -0.25) is 14.5 Å². The van der Waals surface area contributed by atoms with Gasteiger partial charge in [-0.05, 0) is 41.4 Å². The number of aromatic amines is 1. The molecule has 1 aromatic carbocycles. The monoisotopic (exact) mass is 402 g/mol. The van der Waals surface area contributed by atoms with Crippen LogP contribution in [0.1, 0.15) is 12.0 Å². The molecular formula is C18H18N4O3S2. The minimum Gasteiger partial charge on any atom is -0.486 e. The number of hydrogen-bond donors (Lipinski definition) is 2. The summed E-state index contributed by atoms with van der Waals surface area (Å²) in [4.78, 5) is 13.3. The number of amides is 1. The lowest BCUT2D eigenvalue weighted by molar-refractivity contribution is -0.121. The van der Waals surface area contributed by atoms with E-state index in [1.807, 2.05) is 40.3 Å². The highest BCUT2D eigenvalue weighted by Crippen LogP contribution is 2.30. The molecule has 27 heavy (non-hydrogen) atoms. The SMILES string of the molecule is O=C(CCn1c(-c2cccs2)n[nH]c1=S)NCc1ccc2c(c1)OCCO2. The summed E-state index contributed by atoms with van der Waals surface area (Å²) in [6, 6.07) is 9.63. The molecule has 3 aromatic rings. The molecule has 1 amide bonds. The van der Waals surface area contributed by atoms with Crippen LogP contribution in [0.25, 0.3) is 10.7 Å². The summed E-state index contributed by atoms with van der Waals surface area (Å²) < 4.78 is 13.4. The van der Waals surface area contributed by atoms with Crippen molar-refractivity contribution in [2.24, 2.45) is 0 Å². The molecule has 0 bridgehead atoms.